The molecule has 2 aromatic carbocycles. The number of hydrogen-bond donors (Lipinski definition) is 1. The maximum absolute atomic E-state index is 13.8. The Bertz CT molecular complexity index is 1310. The third-order valence-corrected chi connectivity index (χ3v) is 6.47. The zero-order valence-electron chi connectivity index (χ0n) is 17.7. The fraction of sp³-hybridized carbons (Fsp3) is 0.240. The van der Waals surface area contributed by atoms with Gasteiger partial charge in [-0.25, -0.2) is 4.68 Å². The van der Waals surface area contributed by atoms with Crippen LogP contribution in [0.3, 0.4) is 0 Å². The smallest absolute Gasteiger partial charge is 0.243 e. The summed E-state index contributed by atoms with van der Waals surface area (Å²) in [7, 11) is 0. The number of para-hydroxylation sites is 1. The number of carbonyl (C=O) groups excluding carboxylic acids is 2. The summed E-state index contributed by atoms with van der Waals surface area (Å²) in [6.45, 7) is 6.19. The number of carbonyl (C=O) groups is 2. The molecule has 2 aliphatic heterocycles. The maximum Gasteiger partial charge on any atom is 0.243 e. The number of amides is 2. The molecule has 0 saturated carbocycles. The van der Waals surface area contributed by atoms with Crippen LogP contribution in [0.25, 0.3) is 5.69 Å². The Labute approximate surface area is 180 Å². The summed E-state index contributed by atoms with van der Waals surface area (Å²) in [4.78, 5) is 28.4. The minimum Gasteiger partial charge on any atom is -0.310 e. The van der Waals surface area contributed by atoms with E-state index in [1.54, 1.807) is 15.8 Å². The predicted octanol–water partition coefficient (Wildman–Crippen LogP) is 3.41. The Morgan fingerprint density at radius 2 is 1.90 bits per heavy atom. The van der Waals surface area contributed by atoms with Crippen molar-refractivity contribution in [1.82, 2.24) is 9.78 Å². The van der Waals surface area contributed by atoms with E-state index in [4.69, 9.17) is 6.42 Å². The van der Waals surface area contributed by atoms with E-state index in [2.05, 4.69) is 16.3 Å². The molecule has 154 valence electrons. The van der Waals surface area contributed by atoms with E-state index in [0.717, 1.165) is 28.1 Å². The van der Waals surface area contributed by atoms with Gasteiger partial charge in [0.05, 0.1) is 24.1 Å². The molecule has 2 amide bonds. The van der Waals surface area contributed by atoms with Crippen molar-refractivity contribution in [2.45, 2.75) is 32.6 Å². The lowest BCUT2D eigenvalue weighted by Crippen LogP contribution is -2.46. The van der Waals surface area contributed by atoms with Crippen LogP contribution >= 0.6 is 0 Å². The molecule has 1 spiro atoms. The third-order valence-electron chi connectivity index (χ3n) is 6.47. The van der Waals surface area contributed by atoms with E-state index in [-0.39, 0.29) is 24.8 Å². The standard InChI is InChI=1S/C25H22N4O2/c1-5-11-28-22-16(3)7-6-8-19(22)25(24(28)31)13-21(30)27-23-20(25)14-26-29(23)18-10-9-15(2)17(4)12-18/h1,6-10,12,14H,11,13H2,2-4H3,(H,27,30). The second-order valence-corrected chi connectivity index (χ2v) is 8.28. The number of hydrogen-bond acceptors (Lipinski definition) is 3. The van der Waals surface area contributed by atoms with E-state index in [1.807, 2.05) is 57.2 Å². The van der Waals surface area contributed by atoms with E-state index < -0.39 is 5.41 Å². The molecule has 2 aliphatic rings. The van der Waals surface area contributed by atoms with Gasteiger partial charge in [0.25, 0.3) is 0 Å². The molecule has 0 fully saturated rings. The third kappa shape index (κ3) is 2.50. The van der Waals surface area contributed by atoms with E-state index in [1.165, 1.54) is 5.56 Å². The van der Waals surface area contributed by atoms with Crippen molar-refractivity contribution in [3.05, 3.63) is 70.4 Å². The van der Waals surface area contributed by atoms with Crippen molar-refractivity contribution in [2.75, 3.05) is 16.8 Å². The molecule has 0 saturated heterocycles. The average Bonchev–Trinajstić information content (AvgIpc) is 3.25. The zero-order chi connectivity index (χ0) is 21.9. The largest absolute Gasteiger partial charge is 0.310 e. The molecular weight excluding hydrogens is 388 g/mol. The molecule has 1 atom stereocenters. The number of rotatable bonds is 2. The summed E-state index contributed by atoms with van der Waals surface area (Å²) in [6.07, 6.45) is 7.31. The van der Waals surface area contributed by atoms with Crippen LogP contribution in [0.5, 0.6) is 0 Å². The Balaban J connectivity index is 1.77. The predicted molar refractivity (Wildman–Crippen MR) is 119 cm³/mol. The van der Waals surface area contributed by atoms with Gasteiger partial charge < -0.3 is 5.32 Å². The number of aromatic nitrogens is 2. The minimum atomic E-state index is -1.13. The lowest BCUT2D eigenvalue weighted by Gasteiger charge is -2.32. The number of terminal acetylenes is 1. The highest BCUT2D eigenvalue weighted by molar-refractivity contribution is 6.16. The Morgan fingerprint density at radius 1 is 1.10 bits per heavy atom. The van der Waals surface area contributed by atoms with Gasteiger partial charge in [0.1, 0.15) is 11.2 Å². The van der Waals surface area contributed by atoms with Crippen LogP contribution in [-0.4, -0.2) is 28.1 Å². The van der Waals surface area contributed by atoms with Crippen LogP contribution in [0.15, 0.2) is 42.6 Å². The van der Waals surface area contributed by atoms with Gasteiger partial charge in [0.15, 0.2) is 0 Å². The second-order valence-electron chi connectivity index (χ2n) is 8.28. The SMILES string of the molecule is C#CCN1C(=O)C2(CC(=O)Nc3c2cnn3-c2ccc(C)c(C)c2)c2cccc(C)c21. The van der Waals surface area contributed by atoms with Crippen molar-refractivity contribution < 1.29 is 9.59 Å². The van der Waals surface area contributed by atoms with Crippen LogP contribution in [0.4, 0.5) is 11.5 Å². The van der Waals surface area contributed by atoms with Gasteiger partial charge in [0, 0.05) is 12.0 Å². The number of nitrogens with zero attached hydrogens (tertiary/aromatic N) is 3. The van der Waals surface area contributed by atoms with Crippen LogP contribution in [0.1, 0.15) is 34.2 Å². The maximum atomic E-state index is 13.8. The molecule has 0 bridgehead atoms. The molecule has 3 heterocycles. The number of fused-ring (bicyclic) bond motifs is 4. The highest BCUT2D eigenvalue weighted by Crippen LogP contribution is 2.53. The molecule has 1 unspecified atom stereocenters. The van der Waals surface area contributed by atoms with Crippen molar-refractivity contribution in [3.8, 4) is 18.0 Å². The normalized spacial score (nSPS) is 19.2. The first-order valence-corrected chi connectivity index (χ1v) is 10.2. The lowest BCUT2D eigenvalue weighted by molar-refractivity contribution is -0.126. The van der Waals surface area contributed by atoms with Gasteiger partial charge in [-0.15, -0.1) is 6.42 Å². The molecule has 1 aromatic heterocycles. The molecule has 3 aromatic rings. The molecular formula is C25H22N4O2. The summed E-state index contributed by atoms with van der Waals surface area (Å²) >= 11 is 0. The molecule has 6 heteroatoms. The summed E-state index contributed by atoms with van der Waals surface area (Å²) < 4.78 is 1.70. The van der Waals surface area contributed by atoms with Gasteiger partial charge >= 0.3 is 0 Å². The average molecular weight is 410 g/mol. The summed E-state index contributed by atoms with van der Waals surface area (Å²) in [6, 6.07) is 11.8. The zero-order valence-corrected chi connectivity index (χ0v) is 17.7. The summed E-state index contributed by atoms with van der Waals surface area (Å²) in [5, 5.41) is 7.54. The van der Waals surface area contributed by atoms with E-state index >= 15 is 0 Å². The first kappa shape index (κ1) is 19.1. The van der Waals surface area contributed by atoms with Crippen LogP contribution < -0.4 is 10.2 Å². The number of anilines is 2. The molecule has 0 aliphatic carbocycles. The molecule has 6 nitrogen and oxygen atoms in total. The Kier molecular flexibility index (Phi) is 4.06. The summed E-state index contributed by atoms with van der Waals surface area (Å²) in [5.41, 5.74) is 5.25. The van der Waals surface area contributed by atoms with Crippen molar-refractivity contribution in [1.29, 1.82) is 0 Å². The molecule has 1 N–H and O–H groups in total. The van der Waals surface area contributed by atoms with E-state index in [9.17, 15) is 9.59 Å². The Morgan fingerprint density at radius 3 is 2.65 bits per heavy atom. The Hall–Kier alpha value is -3.85. The van der Waals surface area contributed by atoms with Gasteiger partial charge in [-0.05, 0) is 55.2 Å². The second kappa shape index (κ2) is 6.58. The van der Waals surface area contributed by atoms with Gasteiger partial charge in [-0.1, -0.05) is 30.2 Å². The van der Waals surface area contributed by atoms with Gasteiger partial charge in [-0.2, -0.15) is 5.10 Å². The number of aryl methyl sites for hydroxylation is 3. The van der Waals surface area contributed by atoms with Crippen LogP contribution in [0, 0.1) is 33.1 Å². The fourth-order valence-corrected chi connectivity index (χ4v) is 4.83. The van der Waals surface area contributed by atoms with Gasteiger partial charge in [0.2, 0.25) is 11.8 Å². The summed E-state index contributed by atoms with van der Waals surface area (Å²) in [5.74, 6) is 2.73. The molecule has 31 heavy (non-hydrogen) atoms. The van der Waals surface area contributed by atoms with Crippen molar-refractivity contribution in [3.63, 3.8) is 0 Å². The number of nitrogens with one attached hydrogen (secondary N) is 1. The van der Waals surface area contributed by atoms with Crippen LogP contribution in [0.2, 0.25) is 0 Å². The first-order chi connectivity index (χ1) is 14.9. The van der Waals surface area contributed by atoms with Crippen molar-refractivity contribution >= 4 is 23.3 Å². The minimum absolute atomic E-state index is 0.0228. The highest BCUT2D eigenvalue weighted by atomic mass is 16.2. The molecule has 0 radical (unpaired) electrons. The van der Waals surface area contributed by atoms with E-state index in [0.29, 0.717) is 11.4 Å². The van der Waals surface area contributed by atoms with Gasteiger partial charge in [-0.3, -0.25) is 14.5 Å². The number of benzene rings is 2. The topological polar surface area (TPSA) is 67.2 Å². The highest BCUT2D eigenvalue weighted by Gasteiger charge is 2.57. The lowest BCUT2D eigenvalue weighted by atomic mass is 9.71. The monoisotopic (exact) mass is 410 g/mol. The fourth-order valence-electron chi connectivity index (χ4n) is 4.83. The molecule has 5 rings (SSSR count). The first-order valence-electron chi connectivity index (χ1n) is 10.2. The van der Waals surface area contributed by atoms with Crippen molar-refractivity contribution in [2.24, 2.45) is 0 Å². The van der Waals surface area contributed by atoms with Crippen LogP contribution in [-0.2, 0) is 15.0 Å². The quantitative estimate of drug-likeness (QED) is 0.659.